The topological polar surface area (TPSA) is 37.3 Å². The van der Waals surface area contributed by atoms with E-state index in [1.54, 1.807) is 0 Å². The molecule has 0 bridgehead atoms. The van der Waals surface area contributed by atoms with E-state index in [0.717, 1.165) is 36.2 Å². The maximum Gasteiger partial charge on any atom is 2.00 e. The van der Waals surface area contributed by atoms with Gasteiger partial charge in [-0.15, -0.1) is 0 Å². The Bertz CT molecular complexity index is 346. The van der Waals surface area contributed by atoms with Crippen molar-refractivity contribution < 1.29 is 15.6 Å². The first-order valence-corrected chi connectivity index (χ1v) is 9.21. The van der Waals surface area contributed by atoms with Gasteiger partial charge in [0, 0.05) is 6.08 Å². The SMILES string of the molecule is C/C(=C\C(=O)O)CCC[C@H](C)CCC[C@H](C)CCCC(C)C.[Ca+2].[H-].[H-].[H-].[H-].[Mg+2]. The first-order chi connectivity index (χ1) is 10.3. The van der Waals surface area contributed by atoms with Crippen molar-refractivity contribution >= 4 is 66.8 Å². The van der Waals surface area contributed by atoms with Crippen LogP contribution in [-0.2, 0) is 4.79 Å². The van der Waals surface area contributed by atoms with Crippen molar-refractivity contribution in [2.24, 2.45) is 17.8 Å². The van der Waals surface area contributed by atoms with Gasteiger partial charge >= 0.3 is 66.8 Å². The number of carboxylic acid groups (broad SMARTS) is 1. The average molecular weight is 379 g/mol. The second kappa shape index (κ2) is 19.0. The second-order valence-corrected chi connectivity index (χ2v) is 7.69. The number of hydrogen-bond acceptors (Lipinski definition) is 1. The van der Waals surface area contributed by atoms with Crippen LogP contribution in [0.5, 0.6) is 0 Å². The van der Waals surface area contributed by atoms with Crippen LogP contribution in [0, 0.1) is 17.8 Å². The van der Waals surface area contributed by atoms with E-state index in [0.29, 0.717) is 0 Å². The first-order valence-electron chi connectivity index (χ1n) is 9.21. The molecular formula is C20H42CaMgO2. The number of aliphatic carboxylic acids is 1. The number of rotatable bonds is 13. The predicted molar refractivity (Wildman–Crippen MR) is 112 cm³/mol. The molecule has 4 heteroatoms. The zero-order valence-electron chi connectivity index (χ0n) is 20.9. The monoisotopic (exact) mass is 378 g/mol. The summed E-state index contributed by atoms with van der Waals surface area (Å²) in [6, 6.07) is 0. The Labute approximate surface area is 202 Å². The smallest absolute Gasteiger partial charge is 1.00 e. The van der Waals surface area contributed by atoms with Crippen molar-refractivity contribution in [3.05, 3.63) is 11.6 Å². The zero-order valence-corrected chi connectivity index (χ0v) is 20.6. The third-order valence-corrected chi connectivity index (χ3v) is 4.51. The summed E-state index contributed by atoms with van der Waals surface area (Å²) in [6.07, 6.45) is 12.7. The van der Waals surface area contributed by atoms with E-state index in [2.05, 4.69) is 27.7 Å². The summed E-state index contributed by atoms with van der Waals surface area (Å²) < 4.78 is 0. The van der Waals surface area contributed by atoms with Crippen LogP contribution in [0.2, 0.25) is 0 Å². The number of hydrogen-bond donors (Lipinski definition) is 1. The maximum atomic E-state index is 10.5. The minimum atomic E-state index is -0.822. The Morgan fingerprint density at radius 1 is 0.917 bits per heavy atom. The first kappa shape index (κ1) is 30.0. The predicted octanol–water partition coefficient (Wildman–Crippen LogP) is 6.14. The van der Waals surface area contributed by atoms with Gasteiger partial charge in [-0.25, -0.2) is 4.79 Å². The fourth-order valence-electron chi connectivity index (χ4n) is 2.99. The molecule has 0 aliphatic heterocycles. The Hall–Kier alpha value is 1.24. The van der Waals surface area contributed by atoms with Crippen molar-refractivity contribution in [1.29, 1.82) is 0 Å². The standard InChI is InChI=1S/C20H38O2.Ca.Mg.4H/c1-16(2)9-6-10-17(3)11-7-12-18(4)13-8-14-19(5)15-20(21)22;;;;;;/h15-18H,6-14H2,1-5H3,(H,21,22);;;;;;/q;2*+2;4*-1/b19-15+;;;;;;/t17-,18-;;;;;;/m1....../s1. The molecule has 0 spiro atoms. The van der Waals surface area contributed by atoms with Crippen molar-refractivity contribution in [3.8, 4) is 0 Å². The van der Waals surface area contributed by atoms with Crippen LogP contribution in [-0.4, -0.2) is 71.9 Å². The summed E-state index contributed by atoms with van der Waals surface area (Å²) in [5.41, 5.74) is 0.985. The summed E-state index contributed by atoms with van der Waals surface area (Å²) in [6.45, 7) is 11.3. The maximum absolute atomic E-state index is 10.5. The molecule has 0 aromatic rings. The van der Waals surface area contributed by atoms with E-state index in [1.165, 1.54) is 51.0 Å². The van der Waals surface area contributed by atoms with Crippen LogP contribution in [0.15, 0.2) is 11.6 Å². The quantitative estimate of drug-likeness (QED) is 0.308. The molecule has 0 saturated heterocycles. The molecule has 0 radical (unpaired) electrons. The zero-order chi connectivity index (χ0) is 17.0. The Balaban J connectivity index is -0.000000147. The molecule has 24 heavy (non-hydrogen) atoms. The fraction of sp³-hybridized carbons (Fsp3) is 0.850. The molecule has 0 heterocycles. The number of carboxylic acids is 1. The molecule has 0 amide bonds. The average Bonchev–Trinajstić information content (AvgIpc) is 2.37. The van der Waals surface area contributed by atoms with E-state index in [-0.39, 0.29) is 66.5 Å². The van der Waals surface area contributed by atoms with Crippen molar-refractivity contribution in [2.75, 3.05) is 0 Å². The third kappa shape index (κ3) is 21.3. The molecule has 0 aliphatic carbocycles. The summed E-state index contributed by atoms with van der Waals surface area (Å²) in [4.78, 5) is 10.5. The van der Waals surface area contributed by atoms with E-state index in [1.807, 2.05) is 6.92 Å². The molecule has 0 rings (SSSR count). The van der Waals surface area contributed by atoms with Gasteiger partial charge in [-0.3, -0.25) is 0 Å². The molecule has 2 nitrogen and oxygen atoms in total. The summed E-state index contributed by atoms with van der Waals surface area (Å²) >= 11 is 0. The van der Waals surface area contributed by atoms with Crippen molar-refractivity contribution in [3.63, 3.8) is 0 Å². The van der Waals surface area contributed by atoms with Gasteiger partial charge < -0.3 is 10.8 Å². The van der Waals surface area contributed by atoms with E-state index in [4.69, 9.17) is 5.11 Å². The van der Waals surface area contributed by atoms with Crippen LogP contribution in [0.25, 0.3) is 0 Å². The largest absolute Gasteiger partial charge is 2.00 e. The van der Waals surface area contributed by atoms with Gasteiger partial charge in [-0.05, 0) is 37.5 Å². The van der Waals surface area contributed by atoms with Gasteiger partial charge in [-0.2, -0.15) is 0 Å². The molecule has 138 valence electrons. The summed E-state index contributed by atoms with van der Waals surface area (Å²) in [5.74, 6) is 1.65. The Kier molecular flexibility index (Phi) is 23.7. The molecular weight excluding hydrogens is 337 g/mol. The second-order valence-electron chi connectivity index (χ2n) is 7.69. The molecule has 1 N–H and O–H groups in total. The van der Waals surface area contributed by atoms with Crippen LogP contribution >= 0.6 is 0 Å². The normalized spacial score (nSPS) is 13.8. The van der Waals surface area contributed by atoms with E-state index < -0.39 is 5.97 Å². The number of allylic oxidation sites excluding steroid dienone is 1. The summed E-state index contributed by atoms with van der Waals surface area (Å²) in [7, 11) is 0. The van der Waals surface area contributed by atoms with Gasteiger partial charge in [0.15, 0.2) is 0 Å². The third-order valence-electron chi connectivity index (χ3n) is 4.51. The van der Waals surface area contributed by atoms with Crippen LogP contribution in [0.3, 0.4) is 0 Å². The Morgan fingerprint density at radius 3 is 1.75 bits per heavy atom. The van der Waals surface area contributed by atoms with E-state index in [9.17, 15) is 4.79 Å². The van der Waals surface area contributed by atoms with E-state index >= 15 is 0 Å². The molecule has 0 fully saturated rings. The van der Waals surface area contributed by atoms with Gasteiger partial charge in [-0.1, -0.05) is 78.2 Å². The number of carbonyl (C=O) groups is 1. The van der Waals surface area contributed by atoms with Crippen LogP contribution < -0.4 is 0 Å². The van der Waals surface area contributed by atoms with Crippen molar-refractivity contribution in [1.82, 2.24) is 0 Å². The van der Waals surface area contributed by atoms with Crippen LogP contribution in [0.1, 0.15) is 98.1 Å². The molecule has 0 aromatic carbocycles. The van der Waals surface area contributed by atoms with Gasteiger partial charge in [0.25, 0.3) is 0 Å². The molecule has 0 aliphatic rings. The minimum absolute atomic E-state index is 0. The van der Waals surface area contributed by atoms with Crippen LogP contribution in [0.4, 0.5) is 0 Å². The van der Waals surface area contributed by atoms with Gasteiger partial charge in [0.1, 0.15) is 0 Å². The minimum Gasteiger partial charge on any atom is -1.00 e. The fourth-order valence-corrected chi connectivity index (χ4v) is 2.99. The Morgan fingerprint density at radius 2 is 1.33 bits per heavy atom. The van der Waals surface area contributed by atoms with Gasteiger partial charge in [0.05, 0.1) is 0 Å². The van der Waals surface area contributed by atoms with Gasteiger partial charge in [0.2, 0.25) is 0 Å². The summed E-state index contributed by atoms with van der Waals surface area (Å²) in [5, 5.41) is 8.68. The molecule has 0 aromatic heterocycles. The molecule has 2 atom stereocenters. The van der Waals surface area contributed by atoms with Crippen molar-refractivity contribution in [2.45, 2.75) is 92.4 Å². The molecule has 0 saturated carbocycles. The molecule has 0 unspecified atom stereocenters.